The molecule has 0 heterocycles. The van der Waals surface area contributed by atoms with Crippen molar-refractivity contribution in [2.24, 2.45) is 5.18 Å². The molecule has 0 saturated carbocycles. The van der Waals surface area contributed by atoms with E-state index in [0.29, 0.717) is 5.69 Å². The van der Waals surface area contributed by atoms with Crippen LogP contribution in [0.5, 0.6) is 0 Å². The second-order valence-corrected chi connectivity index (χ2v) is 3.35. The van der Waals surface area contributed by atoms with Crippen molar-refractivity contribution in [3.63, 3.8) is 0 Å². The topological polar surface area (TPSA) is 78.8 Å². The Morgan fingerprint density at radius 2 is 1.88 bits per heavy atom. The first-order valence-electron chi connectivity index (χ1n) is 4.66. The molecule has 0 fully saturated rings. The summed E-state index contributed by atoms with van der Waals surface area (Å²) in [6.45, 7) is 3.15. The Balaban J connectivity index is 2.83. The number of aliphatic hydroxyl groups excluding tert-OH is 1. The van der Waals surface area contributed by atoms with E-state index in [-0.39, 0.29) is 0 Å². The maximum absolute atomic E-state index is 11.4. The predicted molar refractivity (Wildman–Crippen MR) is 60.9 cm³/mol. The molecule has 16 heavy (non-hydrogen) atoms. The van der Waals surface area contributed by atoms with Gasteiger partial charge in [-0.25, -0.2) is 0 Å². The van der Waals surface area contributed by atoms with Gasteiger partial charge in [-0.3, -0.25) is 4.79 Å². The van der Waals surface area contributed by atoms with Gasteiger partial charge < -0.3 is 10.4 Å². The number of aryl methyl sites for hydroxylation is 1. The van der Waals surface area contributed by atoms with E-state index < -0.39 is 17.4 Å². The lowest BCUT2D eigenvalue weighted by atomic mass is 10.2. The van der Waals surface area contributed by atoms with E-state index in [1.807, 2.05) is 19.1 Å². The molecule has 1 rings (SSSR count). The fraction of sp³-hybridized carbons (Fsp3) is 0.182. The fourth-order valence-electron chi connectivity index (χ4n) is 1.10. The predicted octanol–water partition coefficient (Wildman–Crippen LogP) is 2.49. The quantitative estimate of drug-likeness (QED) is 0.466. The minimum absolute atomic E-state index is 0.403. The highest BCUT2D eigenvalue weighted by atomic mass is 16.3. The number of carbonyl (C=O) groups excluding carboxylic acids is 1. The molecule has 0 saturated heterocycles. The second-order valence-electron chi connectivity index (χ2n) is 3.35. The molecule has 0 unspecified atom stereocenters. The molecule has 1 aromatic rings. The number of hydrogen-bond donors (Lipinski definition) is 2. The highest BCUT2D eigenvalue weighted by Gasteiger charge is 2.13. The van der Waals surface area contributed by atoms with Crippen LogP contribution < -0.4 is 5.32 Å². The lowest BCUT2D eigenvalue weighted by molar-refractivity contribution is -0.113. The summed E-state index contributed by atoms with van der Waals surface area (Å²) in [5.41, 5.74) is 1.08. The number of amides is 1. The third-order valence-corrected chi connectivity index (χ3v) is 1.96. The maximum Gasteiger partial charge on any atom is 0.281 e. The van der Waals surface area contributed by atoms with Crippen LogP contribution in [0.3, 0.4) is 0 Å². The summed E-state index contributed by atoms with van der Waals surface area (Å²) in [6, 6.07) is 7.03. The standard InChI is InChI=1S/C11H12N2O3/c1-7-3-5-9(6-4-7)12-11(15)10(13-16)8(2)14/h3-6,14H,1-2H3,(H,12,15)/b10-8+. The Labute approximate surface area is 92.8 Å². The van der Waals surface area contributed by atoms with Gasteiger partial charge in [0, 0.05) is 5.69 Å². The summed E-state index contributed by atoms with van der Waals surface area (Å²) >= 11 is 0. The van der Waals surface area contributed by atoms with Gasteiger partial charge in [0.15, 0.2) is 0 Å². The van der Waals surface area contributed by atoms with Gasteiger partial charge >= 0.3 is 0 Å². The van der Waals surface area contributed by atoms with Crippen molar-refractivity contribution < 1.29 is 9.90 Å². The molecule has 0 spiro atoms. The summed E-state index contributed by atoms with van der Waals surface area (Å²) in [4.78, 5) is 21.8. The van der Waals surface area contributed by atoms with Crippen LogP contribution in [0.25, 0.3) is 0 Å². The lowest BCUT2D eigenvalue weighted by Gasteiger charge is -2.04. The molecular weight excluding hydrogens is 208 g/mol. The van der Waals surface area contributed by atoms with E-state index in [1.54, 1.807) is 12.1 Å². The van der Waals surface area contributed by atoms with E-state index in [2.05, 4.69) is 10.5 Å². The van der Waals surface area contributed by atoms with Gasteiger partial charge in [-0.15, -0.1) is 4.91 Å². The van der Waals surface area contributed by atoms with E-state index in [4.69, 9.17) is 5.11 Å². The zero-order valence-electron chi connectivity index (χ0n) is 9.02. The van der Waals surface area contributed by atoms with Crippen molar-refractivity contribution in [1.29, 1.82) is 0 Å². The van der Waals surface area contributed by atoms with Crippen LogP contribution in [0, 0.1) is 11.8 Å². The second kappa shape index (κ2) is 5.06. The lowest BCUT2D eigenvalue weighted by Crippen LogP contribution is -2.14. The Morgan fingerprint density at radius 3 is 2.31 bits per heavy atom. The van der Waals surface area contributed by atoms with Crippen LogP contribution in [-0.2, 0) is 4.79 Å². The molecule has 2 N–H and O–H groups in total. The first-order chi connectivity index (χ1) is 7.54. The molecule has 0 aliphatic heterocycles. The van der Waals surface area contributed by atoms with Crippen molar-refractivity contribution in [3.05, 3.63) is 46.2 Å². The van der Waals surface area contributed by atoms with Crippen molar-refractivity contribution in [2.75, 3.05) is 5.32 Å². The first-order valence-corrected chi connectivity index (χ1v) is 4.66. The molecule has 0 aliphatic rings. The third kappa shape index (κ3) is 2.91. The first kappa shape index (κ1) is 11.9. The molecule has 0 atom stereocenters. The van der Waals surface area contributed by atoms with Gasteiger partial charge in [-0.2, -0.15) is 0 Å². The van der Waals surface area contributed by atoms with Crippen LogP contribution in [0.2, 0.25) is 0 Å². The van der Waals surface area contributed by atoms with Crippen LogP contribution >= 0.6 is 0 Å². The number of anilines is 1. The normalized spacial score (nSPS) is 11.6. The molecular formula is C11H12N2O3. The van der Waals surface area contributed by atoms with Gasteiger partial charge in [0.05, 0.1) is 0 Å². The zero-order chi connectivity index (χ0) is 12.1. The molecule has 1 amide bonds. The van der Waals surface area contributed by atoms with Gasteiger partial charge in [0.1, 0.15) is 5.76 Å². The van der Waals surface area contributed by atoms with Crippen LogP contribution in [0.4, 0.5) is 5.69 Å². The number of nitrogens with one attached hydrogen (secondary N) is 1. The molecule has 1 aromatic carbocycles. The monoisotopic (exact) mass is 220 g/mol. The third-order valence-electron chi connectivity index (χ3n) is 1.96. The molecule has 84 valence electrons. The zero-order valence-corrected chi connectivity index (χ0v) is 9.02. The van der Waals surface area contributed by atoms with E-state index >= 15 is 0 Å². The van der Waals surface area contributed by atoms with Crippen molar-refractivity contribution >= 4 is 11.6 Å². The summed E-state index contributed by atoms with van der Waals surface area (Å²) in [5, 5.41) is 13.9. The number of hydrogen-bond acceptors (Lipinski definition) is 4. The number of allylic oxidation sites excluding steroid dienone is 1. The summed E-state index contributed by atoms with van der Waals surface area (Å²) in [7, 11) is 0. The van der Waals surface area contributed by atoms with Gasteiger partial charge in [0.2, 0.25) is 5.70 Å². The van der Waals surface area contributed by atoms with E-state index in [0.717, 1.165) is 5.56 Å². The van der Waals surface area contributed by atoms with Gasteiger partial charge in [0.25, 0.3) is 5.91 Å². The summed E-state index contributed by atoms with van der Waals surface area (Å²) in [5.74, 6) is -1.13. The number of benzene rings is 1. The molecule has 0 radical (unpaired) electrons. The SMILES string of the molecule is C/C(O)=C(\N=O)C(=O)Nc1ccc(C)cc1. The van der Waals surface area contributed by atoms with Crippen LogP contribution in [0.1, 0.15) is 12.5 Å². The molecule has 5 heteroatoms. The number of nitroso groups, excluding NO2 is 1. The van der Waals surface area contributed by atoms with Crippen LogP contribution in [0.15, 0.2) is 40.9 Å². The maximum atomic E-state index is 11.4. The highest BCUT2D eigenvalue weighted by Crippen LogP contribution is 2.11. The largest absolute Gasteiger partial charge is 0.510 e. The summed E-state index contributed by atoms with van der Waals surface area (Å²) < 4.78 is 0. The number of carbonyl (C=O) groups is 1. The average Bonchev–Trinajstić information content (AvgIpc) is 2.22. The summed E-state index contributed by atoms with van der Waals surface area (Å²) in [6.07, 6.45) is 0. The number of nitrogens with zero attached hydrogens (tertiary/aromatic N) is 1. The molecule has 0 bridgehead atoms. The average molecular weight is 220 g/mol. The molecule has 0 aliphatic carbocycles. The van der Waals surface area contributed by atoms with Crippen molar-refractivity contribution in [2.45, 2.75) is 13.8 Å². The Kier molecular flexibility index (Phi) is 3.77. The van der Waals surface area contributed by atoms with Gasteiger partial charge in [-0.05, 0) is 31.2 Å². The number of rotatable bonds is 3. The molecule has 5 nitrogen and oxygen atoms in total. The Bertz CT molecular complexity index is 431. The van der Waals surface area contributed by atoms with Gasteiger partial charge in [-0.1, -0.05) is 17.7 Å². The molecule has 0 aromatic heterocycles. The minimum atomic E-state index is -0.723. The Morgan fingerprint density at radius 1 is 1.31 bits per heavy atom. The Hall–Kier alpha value is -2.17. The van der Waals surface area contributed by atoms with Crippen LogP contribution in [-0.4, -0.2) is 11.0 Å². The van der Waals surface area contributed by atoms with Crippen molar-refractivity contribution in [3.8, 4) is 0 Å². The van der Waals surface area contributed by atoms with E-state index in [9.17, 15) is 9.70 Å². The minimum Gasteiger partial charge on any atom is -0.510 e. The number of aliphatic hydroxyl groups is 1. The highest BCUT2D eigenvalue weighted by molar-refractivity contribution is 6.03. The van der Waals surface area contributed by atoms with E-state index in [1.165, 1.54) is 6.92 Å². The fourth-order valence-corrected chi connectivity index (χ4v) is 1.10. The van der Waals surface area contributed by atoms with Crippen molar-refractivity contribution in [1.82, 2.24) is 0 Å². The smallest absolute Gasteiger partial charge is 0.281 e.